The molecule has 0 saturated carbocycles. The largest absolute Gasteiger partial charge is 0.462 e. The van der Waals surface area contributed by atoms with Gasteiger partial charge in [0, 0.05) is 28.5 Å². The van der Waals surface area contributed by atoms with Crippen LogP contribution in [0.25, 0.3) is 0 Å². The Labute approximate surface area is 240 Å². The molecule has 2 N–H and O–H groups in total. The van der Waals surface area contributed by atoms with Crippen LogP contribution in [0, 0.1) is 5.92 Å². The molecule has 0 fully saturated rings. The molecule has 1 heterocycles. The third-order valence-corrected chi connectivity index (χ3v) is 7.18. The topological polar surface area (TPSA) is 91.1 Å². The van der Waals surface area contributed by atoms with E-state index < -0.39 is 35.5 Å². The van der Waals surface area contributed by atoms with Gasteiger partial charge in [0.15, 0.2) is 0 Å². The first kappa shape index (κ1) is 31.5. The second-order valence-corrected chi connectivity index (χ2v) is 10.6. The Bertz CT molecular complexity index is 1190. The molecule has 0 aromatic heterocycles. The molecule has 0 radical (unpaired) electrons. The van der Waals surface area contributed by atoms with Gasteiger partial charge in [0.05, 0.1) is 30.3 Å². The SMILES string of the molecule is CCCCOC(=O)C1=C(N)N(C2=CC(C)CC(C(F)(F)F)=C2)C(C)=C(C(=O)OCCOC)C1c1ccc(Br)cc1. The molecule has 0 saturated heterocycles. The quantitative estimate of drug-likeness (QED) is 0.243. The number of alkyl halides is 3. The molecule has 0 bridgehead atoms. The minimum absolute atomic E-state index is 0.0520. The maximum absolute atomic E-state index is 13.8. The van der Waals surface area contributed by atoms with Crippen LogP contribution in [0.15, 0.2) is 74.8 Å². The molecular formula is C29H34BrF3N2O5. The fourth-order valence-electron chi connectivity index (χ4n) is 4.73. The highest BCUT2D eigenvalue weighted by atomic mass is 79.9. The number of esters is 2. The fourth-order valence-corrected chi connectivity index (χ4v) is 5.00. The third-order valence-electron chi connectivity index (χ3n) is 6.66. The van der Waals surface area contributed by atoms with E-state index in [0.29, 0.717) is 12.0 Å². The molecule has 3 rings (SSSR count). The monoisotopic (exact) mass is 626 g/mol. The van der Waals surface area contributed by atoms with Gasteiger partial charge in [-0.3, -0.25) is 0 Å². The van der Waals surface area contributed by atoms with Crippen molar-refractivity contribution in [2.45, 2.75) is 52.1 Å². The number of rotatable bonds is 10. The predicted octanol–water partition coefficient (Wildman–Crippen LogP) is 6.24. The van der Waals surface area contributed by atoms with Gasteiger partial charge in [-0.25, -0.2) is 9.59 Å². The number of unbranched alkanes of at least 4 members (excludes halogenated alkanes) is 1. The van der Waals surface area contributed by atoms with Gasteiger partial charge in [-0.05, 0) is 49.5 Å². The predicted molar refractivity (Wildman–Crippen MR) is 147 cm³/mol. The molecule has 1 aliphatic heterocycles. The van der Waals surface area contributed by atoms with Crippen LogP contribution in [0.5, 0.6) is 0 Å². The highest BCUT2D eigenvalue weighted by Crippen LogP contribution is 2.45. The van der Waals surface area contributed by atoms with Crippen molar-refractivity contribution in [3.05, 3.63) is 80.4 Å². The zero-order valence-electron chi connectivity index (χ0n) is 22.9. The van der Waals surface area contributed by atoms with E-state index in [1.165, 1.54) is 12.0 Å². The lowest BCUT2D eigenvalue weighted by Gasteiger charge is -2.39. The number of benzene rings is 1. The Hall–Kier alpha value is -3.05. The average molecular weight is 627 g/mol. The molecule has 1 aromatic rings. The molecule has 11 heteroatoms. The number of nitrogens with two attached hydrogens (primary N) is 1. The summed E-state index contributed by atoms with van der Waals surface area (Å²) in [6.07, 6.45) is -0.734. The number of allylic oxidation sites excluding steroid dienone is 4. The molecule has 2 unspecified atom stereocenters. The van der Waals surface area contributed by atoms with Crippen molar-refractivity contribution in [1.29, 1.82) is 0 Å². The van der Waals surface area contributed by atoms with Gasteiger partial charge in [-0.15, -0.1) is 0 Å². The summed E-state index contributed by atoms with van der Waals surface area (Å²) in [5, 5.41) is 0. The van der Waals surface area contributed by atoms with Crippen molar-refractivity contribution in [3.63, 3.8) is 0 Å². The minimum atomic E-state index is -4.55. The van der Waals surface area contributed by atoms with Gasteiger partial charge < -0.3 is 24.8 Å². The summed E-state index contributed by atoms with van der Waals surface area (Å²) in [6.45, 7) is 5.36. The summed E-state index contributed by atoms with van der Waals surface area (Å²) in [4.78, 5) is 28.5. The van der Waals surface area contributed by atoms with Crippen LogP contribution in [0.2, 0.25) is 0 Å². The second-order valence-electron chi connectivity index (χ2n) is 9.68. The van der Waals surface area contributed by atoms with Crippen molar-refractivity contribution in [2.75, 3.05) is 26.9 Å². The van der Waals surface area contributed by atoms with Crippen molar-refractivity contribution in [1.82, 2.24) is 4.90 Å². The summed E-state index contributed by atoms with van der Waals surface area (Å²) < 4.78 is 58.1. The van der Waals surface area contributed by atoms with E-state index in [1.54, 1.807) is 44.2 Å². The number of carbonyl (C=O) groups excluding carboxylic acids is 2. The summed E-state index contributed by atoms with van der Waals surface area (Å²) in [6, 6.07) is 6.97. The molecule has 40 heavy (non-hydrogen) atoms. The van der Waals surface area contributed by atoms with Gasteiger partial charge >= 0.3 is 18.1 Å². The summed E-state index contributed by atoms with van der Waals surface area (Å²) >= 11 is 3.39. The van der Waals surface area contributed by atoms with Crippen LogP contribution in [0.3, 0.4) is 0 Å². The van der Waals surface area contributed by atoms with Crippen molar-refractivity contribution < 1.29 is 37.0 Å². The highest BCUT2D eigenvalue weighted by Gasteiger charge is 2.43. The van der Waals surface area contributed by atoms with E-state index in [1.807, 2.05) is 6.92 Å². The van der Waals surface area contributed by atoms with E-state index in [4.69, 9.17) is 19.9 Å². The normalized spacial score (nSPS) is 19.9. The number of methoxy groups -OCH3 is 1. The lowest BCUT2D eigenvalue weighted by molar-refractivity contribution is -0.141. The maximum Gasteiger partial charge on any atom is 0.412 e. The zero-order valence-corrected chi connectivity index (χ0v) is 24.5. The third kappa shape index (κ3) is 7.17. The van der Waals surface area contributed by atoms with E-state index in [2.05, 4.69) is 15.9 Å². The Kier molecular flexibility index (Phi) is 10.7. The molecule has 218 valence electrons. The number of hydrogen-bond acceptors (Lipinski definition) is 7. The van der Waals surface area contributed by atoms with Crippen LogP contribution < -0.4 is 5.73 Å². The first-order chi connectivity index (χ1) is 18.9. The van der Waals surface area contributed by atoms with Crippen molar-refractivity contribution >= 4 is 27.9 Å². The van der Waals surface area contributed by atoms with E-state index in [9.17, 15) is 22.8 Å². The van der Waals surface area contributed by atoms with Crippen LogP contribution >= 0.6 is 15.9 Å². The smallest absolute Gasteiger partial charge is 0.412 e. The van der Waals surface area contributed by atoms with Crippen LogP contribution in [0.4, 0.5) is 13.2 Å². The van der Waals surface area contributed by atoms with Gasteiger partial charge in [0.1, 0.15) is 12.4 Å². The number of ether oxygens (including phenoxy) is 3. The molecule has 7 nitrogen and oxygen atoms in total. The van der Waals surface area contributed by atoms with Gasteiger partial charge in [-0.1, -0.05) is 54.4 Å². The first-order valence-corrected chi connectivity index (χ1v) is 13.8. The van der Waals surface area contributed by atoms with Crippen LogP contribution in [0.1, 0.15) is 51.5 Å². The van der Waals surface area contributed by atoms with E-state index >= 15 is 0 Å². The Balaban J connectivity index is 2.27. The van der Waals surface area contributed by atoms with Crippen molar-refractivity contribution in [3.8, 4) is 0 Å². The summed E-state index contributed by atoms with van der Waals surface area (Å²) in [5.41, 5.74) is 6.82. The van der Waals surface area contributed by atoms with Gasteiger partial charge in [0.2, 0.25) is 0 Å². The lowest BCUT2D eigenvalue weighted by atomic mass is 9.80. The van der Waals surface area contributed by atoms with E-state index in [0.717, 1.165) is 17.0 Å². The second kappa shape index (κ2) is 13.5. The van der Waals surface area contributed by atoms with Crippen LogP contribution in [-0.2, 0) is 23.8 Å². The number of nitrogens with zero attached hydrogens (tertiary/aromatic N) is 1. The zero-order chi connectivity index (χ0) is 29.6. The van der Waals surface area contributed by atoms with Crippen LogP contribution in [-0.4, -0.2) is 49.9 Å². The number of carbonyl (C=O) groups is 2. The number of halogens is 4. The molecule has 2 aliphatic rings. The molecule has 0 spiro atoms. The van der Waals surface area contributed by atoms with Gasteiger partial charge in [-0.2, -0.15) is 13.2 Å². The lowest BCUT2D eigenvalue weighted by Crippen LogP contribution is -2.39. The first-order valence-electron chi connectivity index (χ1n) is 13.0. The molecule has 2 atom stereocenters. The molecular weight excluding hydrogens is 593 g/mol. The summed E-state index contributed by atoms with van der Waals surface area (Å²) in [5.74, 6) is -3.08. The minimum Gasteiger partial charge on any atom is -0.462 e. The molecule has 1 aliphatic carbocycles. The number of hydrogen-bond donors (Lipinski definition) is 1. The Morgan fingerprint density at radius 2 is 1.70 bits per heavy atom. The molecule has 1 aromatic carbocycles. The van der Waals surface area contributed by atoms with Gasteiger partial charge in [0.25, 0.3) is 0 Å². The molecule has 0 amide bonds. The Morgan fingerprint density at radius 1 is 1.07 bits per heavy atom. The average Bonchev–Trinajstić information content (AvgIpc) is 2.88. The fraction of sp³-hybridized carbons (Fsp3) is 0.448. The standard InChI is InChI=1S/C29H34BrF3N2O5/c1-5-6-11-39-28(37)25-24(19-7-9-21(30)10-8-19)23(27(36)40-13-12-38-4)18(3)35(26(25)34)22-15-17(2)14-20(16-22)29(31,32)33/h7-10,15-17,24H,5-6,11-14,34H2,1-4H3. The van der Waals surface area contributed by atoms with E-state index in [-0.39, 0.29) is 54.6 Å². The highest BCUT2D eigenvalue weighted by molar-refractivity contribution is 9.10. The summed E-state index contributed by atoms with van der Waals surface area (Å²) in [7, 11) is 1.46. The maximum atomic E-state index is 13.8. The van der Waals surface area contributed by atoms with Crippen molar-refractivity contribution in [2.24, 2.45) is 11.7 Å². The Morgan fingerprint density at radius 3 is 2.30 bits per heavy atom.